The van der Waals surface area contributed by atoms with E-state index >= 15 is 0 Å². The van der Waals surface area contributed by atoms with Crippen LogP contribution in [0.15, 0.2) is 30.3 Å². The van der Waals surface area contributed by atoms with Crippen molar-refractivity contribution < 1.29 is 4.79 Å². The molecular formula is C16H26N2O. The molecule has 1 aromatic carbocycles. The van der Waals surface area contributed by atoms with Crippen molar-refractivity contribution in [3.8, 4) is 0 Å². The van der Waals surface area contributed by atoms with Gasteiger partial charge in [-0.1, -0.05) is 57.5 Å². The SMILES string of the molecule is CCCC(NC(=O)C(C)CNCC)c1ccccc1. The van der Waals surface area contributed by atoms with E-state index in [0.29, 0.717) is 0 Å². The summed E-state index contributed by atoms with van der Waals surface area (Å²) >= 11 is 0. The summed E-state index contributed by atoms with van der Waals surface area (Å²) in [5.74, 6) is 0.131. The molecule has 3 nitrogen and oxygen atoms in total. The van der Waals surface area contributed by atoms with Gasteiger partial charge in [-0.15, -0.1) is 0 Å². The third-order valence-corrected chi connectivity index (χ3v) is 3.24. The summed E-state index contributed by atoms with van der Waals surface area (Å²) in [6.45, 7) is 7.79. The summed E-state index contributed by atoms with van der Waals surface area (Å²) in [5.41, 5.74) is 1.19. The van der Waals surface area contributed by atoms with Gasteiger partial charge in [0, 0.05) is 12.5 Å². The van der Waals surface area contributed by atoms with Gasteiger partial charge in [0.25, 0.3) is 0 Å². The zero-order valence-corrected chi connectivity index (χ0v) is 12.3. The Hall–Kier alpha value is -1.35. The average molecular weight is 262 g/mol. The maximum atomic E-state index is 12.2. The summed E-state index contributed by atoms with van der Waals surface area (Å²) < 4.78 is 0. The molecule has 0 radical (unpaired) electrons. The van der Waals surface area contributed by atoms with Crippen LogP contribution in [0.3, 0.4) is 0 Å². The van der Waals surface area contributed by atoms with Crippen LogP contribution in [-0.4, -0.2) is 19.0 Å². The summed E-state index contributed by atoms with van der Waals surface area (Å²) in [6, 6.07) is 10.3. The Labute approximate surface area is 116 Å². The van der Waals surface area contributed by atoms with Gasteiger partial charge in [0.1, 0.15) is 0 Å². The second-order valence-electron chi connectivity index (χ2n) is 4.97. The van der Waals surface area contributed by atoms with Gasteiger partial charge in [0.05, 0.1) is 6.04 Å². The first-order valence-electron chi connectivity index (χ1n) is 7.25. The van der Waals surface area contributed by atoms with Gasteiger partial charge in [0.15, 0.2) is 0 Å². The summed E-state index contributed by atoms with van der Waals surface area (Å²) in [4.78, 5) is 12.2. The molecule has 106 valence electrons. The average Bonchev–Trinajstić information content (AvgIpc) is 2.45. The van der Waals surface area contributed by atoms with E-state index in [-0.39, 0.29) is 17.9 Å². The van der Waals surface area contributed by atoms with Gasteiger partial charge >= 0.3 is 0 Å². The van der Waals surface area contributed by atoms with Crippen molar-refractivity contribution in [1.82, 2.24) is 10.6 Å². The van der Waals surface area contributed by atoms with Crippen molar-refractivity contribution >= 4 is 5.91 Å². The molecule has 0 bridgehead atoms. The lowest BCUT2D eigenvalue weighted by Gasteiger charge is -2.21. The largest absolute Gasteiger partial charge is 0.349 e. The lowest BCUT2D eigenvalue weighted by molar-refractivity contribution is -0.125. The zero-order valence-electron chi connectivity index (χ0n) is 12.3. The van der Waals surface area contributed by atoms with Crippen LogP contribution in [0.2, 0.25) is 0 Å². The number of hydrogen-bond donors (Lipinski definition) is 2. The van der Waals surface area contributed by atoms with Crippen molar-refractivity contribution in [2.75, 3.05) is 13.1 Å². The van der Waals surface area contributed by atoms with Crippen molar-refractivity contribution in [3.05, 3.63) is 35.9 Å². The normalized spacial score (nSPS) is 13.8. The second kappa shape index (κ2) is 8.70. The molecule has 3 heteroatoms. The van der Waals surface area contributed by atoms with E-state index in [1.165, 1.54) is 5.56 Å². The number of nitrogens with one attached hydrogen (secondary N) is 2. The lowest BCUT2D eigenvalue weighted by Crippen LogP contribution is -2.37. The van der Waals surface area contributed by atoms with Crippen LogP contribution < -0.4 is 10.6 Å². The second-order valence-corrected chi connectivity index (χ2v) is 4.97. The fraction of sp³-hybridized carbons (Fsp3) is 0.562. The van der Waals surface area contributed by atoms with E-state index in [4.69, 9.17) is 0 Å². The molecule has 0 aliphatic carbocycles. The highest BCUT2D eigenvalue weighted by atomic mass is 16.1. The van der Waals surface area contributed by atoms with E-state index in [9.17, 15) is 4.79 Å². The van der Waals surface area contributed by atoms with Gasteiger partial charge in [0.2, 0.25) is 5.91 Å². The van der Waals surface area contributed by atoms with Crippen LogP contribution in [0, 0.1) is 5.92 Å². The maximum absolute atomic E-state index is 12.2. The highest BCUT2D eigenvalue weighted by molar-refractivity contribution is 5.79. The highest BCUT2D eigenvalue weighted by Crippen LogP contribution is 2.18. The van der Waals surface area contributed by atoms with Crippen LogP contribution in [-0.2, 0) is 4.79 Å². The number of hydrogen-bond acceptors (Lipinski definition) is 2. The molecule has 0 saturated heterocycles. The van der Waals surface area contributed by atoms with Crippen molar-refractivity contribution in [1.29, 1.82) is 0 Å². The number of carbonyl (C=O) groups is 1. The fourth-order valence-electron chi connectivity index (χ4n) is 2.06. The standard InChI is InChI=1S/C16H26N2O/c1-4-9-15(14-10-7-6-8-11-14)18-16(19)13(3)12-17-5-2/h6-8,10-11,13,15,17H,4-5,9,12H2,1-3H3,(H,18,19). The smallest absolute Gasteiger partial charge is 0.224 e. The number of carbonyl (C=O) groups excluding carboxylic acids is 1. The minimum Gasteiger partial charge on any atom is -0.349 e. The van der Waals surface area contributed by atoms with Crippen molar-refractivity contribution in [2.24, 2.45) is 5.92 Å². The first-order chi connectivity index (χ1) is 9.19. The summed E-state index contributed by atoms with van der Waals surface area (Å²) in [7, 11) is 0. The fourth-order valence-corrected chi connectivity index (χ4v) is 2.06. The van der Waals surface area contributed by atoms with Gasteiger partial charge in [-0.25, -0.2) is 0 Å². The molecule has 19 heavy (non-hydrogen) atoms. The summed E-state index contributed by atoms with van der Waals surface area (Å²) in [5, 5.41) is 6.38. The van der Waals surface area contributed by atoms with E-state index in [1.807, 2.05) is 25.1 Å². The highest BCUT2D eigenvalue weighted by Gasteiger charge is 2.17. The van der Waals surface area contributed by atoms with E-state index in [2.05, 4.69) is 36.6 Å². The van der Waals surface area contributed by atoms with Gasteiger partial charge < -0.3 is 10.6 Å². The van der Waals surface area contributed by atoms with Gasteiger partial charge in [-0.3, -0.25) is 4.79 Å². The molecule has 1 aromatic rings. The van der Waals surface area contributed by atoms with Crippen molar-refractivity contribution in [3.63, 3.8) is 0 Å². The molecule has 2 atom stereocenters. The maximum Gasteiger partial charge on any atom is 0.224 e. The quantitative estimate of drug-likeness (QED) is 0.756. The number of amides is 1. The molecule has 0 fully saturated rings. The monoisotopic (exact) mass is 262 g/mol. The molecule has 0 heterocycles. The predicted octanol–water partition coefficient (Wildman–Crippen LogP) is 2.89. The minimum absolute atomic E-state index is 0.00279. The molecular weight excluding hydrogens is 236 g/mol. The Bertz CT molecular complexity index is 364. The van der Waals surface area contributed by atoms with Crippen LogP contribution in [0.5, 0.6) is 0 Å². The molecule has 1 rings (SSSR count). The Morgan fingerprint density at radius 3 is 2.47 bits per heavy atom. The molecule has 0 saturated carbocycles. The van der Waals surface area contributed by atoms with Crippen molar-refractivity contribution in [2.45, 2.75) is 39.7 Å². The van der Waals surface area contributed by atoms with Crippen LogP contribution in [0.4, 0.5) is 0 Å². The number of rotatable bonds is 8. The zero-order chi connectivity index (χ0) is 14.1. The molecule has 0 spiro atoms. The molecule has 0 aliphatic heterocycles. The molecule has 1 amide bonds. The van der Waals surface area contributed by atoms with E-state index in [1.54, 1.807) is 0 Å². The van der Waals surface area contributed by atoms with E-state index < -0.39 is 0 Å². The first kappa shape index (κ1) is 15.7. The predicted molar refractivity (Wildman–Crippen MR) is 79.9 cm³/mol. The lowest BCUT2D eigenvalue weighted by atomic mass is 10.0. The first-order valence-corrected chi connectivity index (χ1v) is 7.25. The Morgan fingerprint density at radius 1 is 1.21 bits per heavy atom. The third kappa shape index (κ3) is 5.43. The Morgan fingerprint density at radius 2 is 1.89 bits per heavy atom. The van der Waals surface area contributed by atoms with Gasteiger partial charge in [-0.05, 0) is 18.5 Å². The van der Waals surface area contributed by atoms with Crippen LogP contribution >= 0.6 is 0 Å². The molecule has 2 unspecified atom stereocenters. The van der Waals surface area contributed by atoms with Crippen LogP contribution in [0.25, 0.3) is 0 Å². The molecule has 0 aliphatic rings. The Kier molecular flexibility index (Phi) is 7.19. The third-order valence-electron chi connectivity index (χ3n) is 3.24. The van der Waals surface area contributed by atoms with Gasteiger partial charge in [-0.2, -0.15) is 0 Å². The molecule has 0 aromatic heterocycles. The minimum atomic E-state index is 0.00279. The Balaban J connectivity index is 2.61. The number of benzene rings is 1. The van der Waals surface area contributed by atoms with E-state index in [0.717, 1.165) is 25.9 Å². The topological polar surface area (TPSA) is 41.1 Å². The molecule has 2 N–H and O–H groups in total. The van der Waals surface area contributed by atoms with Crippen LogP contribution in [0.1, 0.15) is 45.2 Å². The summed E-state index contributed by atoms with van der Waals surface area (Å²) in [6.07, 6.45) is 2.03.